The summed E-state index contributed by atoms with van der Waals surface area (Å²) >= 11 is 0. The first-order valence-corrected chi connectivity index (χ1v) is 6.61. The number of rotatable bonds is 6. The van der Waals surface area contributed by atoms with Crippen LogP contribution in [0.15, 0.2) is 18.2 Å². The largest absolute Gasteiger partial charge is 0.483 e. The van der Waals surface area contributed by atoms with Gasteiger partial charge in [0.2, 0.25) is 0 Å². The molecular weight excluding hydrogens is 281 g/mol. The molecule has 1 unspecified atom stereocenters. The molecule has 0 saturated carbocycles. The van der Waals surface area contributed by atoms with Gasteiger partial charge in [0, 0.05) is 13.2 Å². The predicted molar refractivity (Wildman–Crippen MR) is 70.8 cm³/mol. The summed E-state index contributed by atoms with van der Waals surface area (Å²) in [5.74, 6) is -2.93. The zero-order valence-corrected chi connectivity index (χ0v) is 11.3. The number of halogens is 1. The second-order valence-corrected chi connectivity index (χ2v) is 4.65. The van der Waals surface area contributed by atoms with Crippen LogP contribution in [0.5, 0.6) is 5.75 Å². The monoisotopic (exact) mass is 297 g/mol. The maximum absolute atomic E-state index is 13.4. The quantitative estimate of drug-likeness (QED) is 0.824. The first kappa shape index (κ1) is 15.2. The van der Waals surface area contributed by atoms with Crippen LogP contribution in [0, 0.1) is 5.82 Å². The van der Waals surface area contributed by atoms with Crippen molar-refractivity contribution in [2.24, 2.45) is 0 Å². The van der Waals surface area contributed by atoms with E-state index in [0.29, 0.717) is 13.2 Å². The molecule has 0 radical (unpaired) electrons. The van der Waals surface area contributed by atoms with E-state index in [4.69, 9.17) is 14.6 Å². The number of carboxylic acid groups (broad SMARTS) is 1. The van der Waals surface area contributed by atoms with Gasteiger partial charge in [-0.3, -0.25) is 4.79 Å². The average Bonchev–Trinajstić information content (AvgIpc) is 2.95. The van der Waals surface area contributed by atoms with Crippen LogP contribution in [-0.4, -0.2) is 42.8 Å². The topological polar surface area (TPSA) is 84.9 Å². The lowest BCUT2D eigenvalue weighted by Gasteiger charge is -2.12. The van der Waals surface area contributed by atoms with Crippen molar-refractivity contribution < 1.29 is 28.6 Å². The first-order valence-electron chi connectivity index (χ1n) is 6.61. The van der Waals surface area contributed by atoms with Crippen LogP contribution in [0.2, 0.25) is 0 Å². The highest BCUT2D eigenvalue weighted by molar-refractivity contribution is 5.91. The Morgan fingerprint density at radius 3 is 2.95 bits per heavy atom. The molecule has 1 aliphatic rings. The summed E-state index contributed by atoms with van der Waals surface area (Å²) in [6.07, 6.45) is 1.88. The SMILES string of the molecule is O=C(COc1cccc(F)c1C(=O)O)NCC1CCCO1. The van der Waals surface area contributed by atoms with Crippen molar-refractivity contribution in [3.05, 3.63) is 29.6 Å². The van der Waals surface area contributed by atoms with Crippen LogP contribution in [0.25, 0.3) is 0 Å². The number of benzene rings is 1. The van der Waals surface area contributed by atoms with Gasteiger partial charge in [-0.2, -0.15) is 0 Å². The van der Waals surface area contributed by atoms with Gasteiger partial charge in [0.1, 0.15) is 17.1 Å². The third-order valence-electron chi connectivity index (χ3n) is 3.10. The highest BCUT2D eigenvalue weighted by Gasteiger charge is 2.19. The molecule has 2 rings (SSSR count). The van der Waals surface area contributed by atoms with E-state index < -0.39 is 23.3 Å². The number of hydrogen-bond acceptors (Lipinski definition) is 4. The van der Waals surface area contributed by atoms with E-state index in [1.54, 1.807) is 0 Å². The molecule has 1 saturated heterocycles. The number of carbonyl (C=O) groups excluding carboxylic acids is 1. The zero-order chi connectivity index (χ0) is 15.2. The van der Waals surface area contributed by atoms with E-state index in [2.05, 4.69) is 5.32 Å². The number of nitrogens with one attached hydrogen (secondary N) is 1. The Kier molecular flexibility index (Phi) is 5.10. The third kappa shape index (κ3) is 4.16. The van der Waals surface area contributed by atoms with Gasteiger partial charge in [-0.15, -0.1) is 0 Å². The van der Waals surface area contributed by atoms with Gasteiger partial charge in [-0.05, 0) is 25.0 Å². The fraction of sp³-hybridized carbons (Fsp3) is 0.429. The maximum atomic E-state index is 13.4. The smallest absolute Gasteiger partial charge is 0.342 e. The minimum Gasteiger partial charge on any atom is -0.483 e. The Labute approximate surface area is 120 Å². The molecule has 0 aliphatic carbocycles. The summed E-state index contributed by atoms with van der Waals surface area (Å²) in [5.41, 5.74) is -0.579. The Hall–Kier alpha value is -2.15. The van der Waals surface area contributed by atoms with Crippen molar-refractivity contribution in [1.82, 2.24) is 5.32 Å². The molecule has 7 heteroatoms. The lowest BCUT2D eigenvalue weighted by atomic mass is 10.2. The van der Waals surface area contributed by atoms with Crippen LogP contribution < -0.4 is 10.1 Å². The highest BCUT2D eigenvalue weighted by Crippen LogP contribution is 2.21. The molecule has 114 valence electrons. The predicted octanol–water partition coefficient (Wildman–Crippen LogP) is 1.20. The van der Waals surface area contributed by atoms with E-state index >= 15 is 0 Å². The molecule has 1 amide bonds. The van der Waals surface area contributed by atoms with Crippen molar-refractivity contribution in [2.75, 3.05) is 19.8 Å². The minimum absolute atomic E-state index is 0.0118. The molecule has 1 aromatic carbocycles. The minimum atomic E-state index is -1.44. The number of ether oxygens (including phenoxy) is 2. The van der Waals surface area contributed by atoms with Crippen LogP contribution in [0.1, 0.15) is 23.2 Å². The molecule has 1 fully saturated rings. The summed E-state index contributed by atoms with van der Waals surface area (Å²) in [6.45, 7) is 0.704. The molecule has 1 heterocycles. The summed E-state index contributed by atoms with van der Waals surface area (Å²) in [6, 6.07) is 3.65. The van der Waals surface area contributed by atoms with Crippen LogP contribution in [-0.2, 0) is 9.53 Å². The van der Waals surface area contributed by atoms with Gasteiger partial charge < -0.3 is 19.9 Å². The van der Waals surface area contributed by atoms with Crippen LogP contribution in [0.4, 0.5) is 4.39 Å². The standard InChI is InChI=1S/C14H16FNO5/c15-10-4-1-5-11(13(10)14(18)19)21-8-12(17)16-7-9-3-2-6-20-9/h1,4-5,9H,2-3,6-8H2,(H,16,17)(H,18,19). The number of carboxylic acids is 1. The Balaban J connectivity index is 1.86. The highest BCUT2D eigenvalue weighted by atomic mass is 19.1. The normalized spacial score (nSPS) is 17.5. The zero-order valence-electron chi connectivity index (χ0n) is 11.3. The summed E-state index contributed by atoms with van der Waals surface area (Å²) in [5, 5.41) is 11.5. The number of aromatic carboxylic acids is 1. The lowest BCUT2D eigenvalue weighted by molar-refractivity contribution is -0.123. The van der Waals surface area contributed by atoms with Crippen LogP contribution >= 0.6 is 0 Å². The van der Waals surface area contributed by atoms with Crippen molar-refractivity contribution >= 4 is 11.9 Å². The van der Waals surface area contributed by atoms with Gasteiger partial charge in [0.15, 0.2) is 6.61 Å². The number of carbonyl (C=O) groups is 2. The van der Waals surface area contributed by atoms with Gasteiger partial charge in [0.25, 0.3) is 5.91 Å². The molecule has 0 spiro atoms. The van der Waals surface area contributed by atoms with E-state index in [1.807, 2.05) is 0 Å². The molecule has 6 nitrogen and oxygen atoms in total. The van der Waals surface area contributed by atoms with Crippen molar-refractivity contribution in [1.29, 1.82) is 0 Å². The maximum Gasteiger partial charge on any atom is 0.342 e. The van der Waals surface area contributed by atoms with Gasteiger partial charge >= 0.3 is 5.97 Å². The number of hydrogen-bond donors (Lipinski definition) is 2. The Bertz CT molecular complexity index is 528. The number of amides is 1. The van der Waals surface area contributed by atoms with Gasteiger partial charge in [0.05, 0.1) is 6.10 Å². The van der Waals surface area contributed by atoms with E-state index in [9.17, 15) is 14.0 Å². The molecule has 21 heavy (non-hydrogen) atoms. The summed E-state index contributed by atoms with van der Waals surface area (Å²) in [7, 11) is 0. The van der Waals surface area contributed by atoms with E-state index in [-0.39, 0.29) is 18.5 Å². The van der Waals surface area contributed by atoms with Gasteiger partial charge in [-0.25, -0.2) is 9.18 Å². The second kappa shape index (κ2) is 7.03. The van der Waals surface area contributed by atoms with E-state index in [1.165, 1.54) is 12.1 Å². The Morgan fingerprint density at radius 1 is 1.48 bits per heavy atom. The molecule has 0 bridgehead atoms. The average molecular weight is 297 g/mol. The summed E-state index contributed by atoms with van der Waals surface area (Å²) < 4.78 is 23.8. The Morgan fingerprint density at radius 2 is 2.29 bits per heavy atom. The molecule has 2 N–H and O–H groups in total. The van der Waals surface area contributed by atoms with Gasteiger partial charge in [-0.1, -0.05) is 6.07 Å². The summed E-state index contributed by atoms with van der Waals surface area (Å²) in [4.78, 5) is 22.6. The molecule has 0 aromatic heterocycles. The van der Waals surface area contributed by atoms with E-state index in [0.717, 1.165) is 18.9 Å². The molecular formula is C14H16FNO5. The fourth-order valence-electron chi connectivity index (χ4n) is 2.06. The van der Waals surface area contributed by atoms with Crippen molar-refractivity contribution in [3.8, 4) is 5.75 Å². The van der Waals surface area contributed by atoms with Crippen molar-refractivity contribution in [2.45, 2.75) is 18.9 Å². The third-order valence-corrected chi connectivity index (χ3v) is 3.10. The van der Waals surface area contributed by atoms with Crippen molar-refractivity contribution in [3.63, 3.8) is 0 Å². The second-order valence-electron chi connectivity index (χ2n) is 4.65. The lowest BCUT2D eigenvalue weighted by Crippen LogP contribution is -2.35. The fourth-order valence-corrected chi connectivity index (χ4v) is 2.06. The first-order chi connectivity index (χ1) is 10.1. The molecule has 1 atom stereocenters. The molecule has 1 aliphatic heterocycles. The molecule has 1 aromatic rings. The van der Waals surface area contributed by atoms with Crippen LogP contribution in [0.3, 0.4) is 0 Å².